The zero-order chi connectivity index (χ0) is 25.2. The second kappa shape index (κ2) is 10.0. The summed E-state index contributed by atoms with van der Waals surface area (Å²) in [5, 5.41) is 20.4. The van der Waals surface area contributed by atoms with Gasteiger partial charge < -0.3 is 20.2 Å². The number of benzene rings is 1. The van der Waals surface area contributed by atoms with Crippen molar-refractivity contribution < 1.29 is 4.79 Å². The second-order valence-corrected chi connectivity index (χ2v) is 9.66. The molecule has 0 unspecified atom stereocenters. The van der Waals surface area contributed by atoms with Crippen LogP contribution < -0.4 is 5.32 Å². The van der Waals surface area contributed by atoms with E-state index in [2.05, 4.69) is 67.2 Å². The number of hydrogen-bond acceptors (Lipinski definition) is 6. The van der Waals surface area contributed by atoms with E-state index in [1.54, 1.807) is 6.21 Å². The number of carbonyl (C=O) groups excluding carboxylic acids is 1. The third-order valence-corrected chi connectivity index (χ3v) is 6.65. The molecule has 0 bridgehead atoms. The lowest BCUT2D eigenvalue weighted by Crippen LogP contribution is -2.57. The SMILES string of the molecule is Cc1cccc(Cn2c(C(=N)CC=NCCC(=O)NC3CN(C)C3)cc3c2ccc2nnc(C)n23)c1. The van der Waals surface area contributed by atoms with Crippen LogP contribution in [0.1, 0.15) is 35.5 Å². The van der Waals surface area contributed by atoms with Gasteiger partial charge in [0.1, 0.15) is 5.82 Å². The predicted octanol–water partition coefficient (Wildman–Crippen LogP) is 3.00. The van der Waals surface area contributed by atoms with Crippen LogP contribution in [0.5, 0.6) is 0 Å². The van der Waals surface area contributed by atoms with Gasteiger partial charge in [0.2, 0.25) is 5.91 Å². The van der Waals surface area contributed by atoms with Crippen molar-refractivity contribution in [1.82, 2.24) is 29.4 Å². The van der Waals surface area contributed by atoms with Gasteiger partial charge in [0.15, 0.2) is 5.65 Å². The molecule has 0 spiro atoms. The molecule has 9 heteroatoms. The molecule has 1 aliphatic rings. The lowest BCUT2D eigenvalue weighted by molar-refractivity contribution is -0.122. The van der Waals surface area contributed by atoms with Gasteiger partial charge in [-0.2, -0.15) is 0 Å². The quantitative estimate of drug-likeness (QED) is 0.357. The molecule has 0 aliphatic carbocycles. The van der Waals surface area contributed by atoms with Crippen LogP contribution in [0.25, 0.3) is 16.7 Å². The number of likely N-dealkylation sites (N-methyl/N-ethyl adjacent to an activating group) is 1. The van der Waals surface area contributed by atoms with Crippen LogP contribution >= 0.6 is 0 Å². The molecule has 1 amide bonds. The number of likely N-dealkylation sites (tertiary alicyclic amines) is 1. The maximum atomic E-state index is 12.1. The van der Waals surface area contributed by atoms with Crippen LogP contribution in [0.3, 0.4) is 0 Å². The van der Waals surface area contributed by atoms with Crippen LogP contribution in [0.4, 0.5) is 0 Å². The lowest BCUT2D eigenvalue weighted by Gasteiger charge is -2.36. The number of nitrogens with one attached hydrogen (secondary N) is 2. The summed E-state index contributed by atoms with van der Waals surface area (Å²) in [5.41, 5.74) is 6.50. The molecule has 1 aliphatic heterocycles. The highest BCUT2D eigenvalue weighted by Gasteiger charge is 2.24. The first-order chi connectivity index (χ1) is 17.4. The number of hydrogen-bond donors (Lipinski definition) is 2. The van der Waals surface area contributed by atoms with Crippen LogP contribution in [-0.4, -0.2) is 74.6 Å². The van der Waals surface area contributed by atoms with Gasteiger partial charge in [0.05, 0.1) is 28.5 Å². The zero-order valence-electron chi connectivity index (χ0n) is 21.0. The molecule has 1 fully saturated rings. The summed E-state index contributed by atoms with van der Waals surface area (Å²) in [5.74, 6) is 0.849. The molecule has 0 atom stereocenters. The fourth-order valence-electron chi connectivity index (χ4n) is 4.86. The van der Waals surface area contributed by atoms with Gasteiger partial charge >= 0.3 is 0 Å². The molecule has 3 aromatic heterocycles. The molecule has 1 saturated heterocycles. The van der Waals surface area contributed by atoms with Gasteiger partial charge in [-0.25, -0.2) is 0 Å². The molecule has 4 heterocycles. The van der Waals surface area contributed by atoms with Crippen molar-refractivity contribution in [2.75, 3.05) is 26.7 Å². The Morgan fingerprint density at radius 3 is 2.78 bits per heavy atom. The van der Waals surface area contributed by atoms with Gasteiger partial charge in [-0.3, -0.25) is 14.2 Å². The molecule has 36 heavy (non-hydrogen) atoms. The number of aryl methyl sites for hydroxylation is 2. The predicted molar refractivity (Wildman–Crippen MR) is 142 cm³/mol. The highest BCUT2D eigenvalue weighted by Crippen LogP contribution is 2.25. The van der Waals surface area contributed by atoms with Crippen molar-refractivity contribution in [2.45, 2.75) is 39.3 Å². The fraction of sp³-hybridized carbons (Fsp3) is 0.370. The van der Waals surface area contributed by atoms with E-state index in [1.165, 1.54) is 11.1 Å². The first-order valence-electron chi connectivity index (χ1n) is 12.3. The molecular formula is C27H32N8O. The van der Waals surface area contributed by atoms with Gasteiger partial charge in [-0.05, 0) is 44.7 Å². The summed E-state index contributed by atoms with van der Waals surface area (Å²) < 4.78 is 4.22. The van der Waals surface area contributed by atoms with Crippen molar-refractivity contribution in [3.63, 3.8) is 0 Å². The molecular weight excluding hydrogens is 452 g/mol. The van der Waals surface area contributed by atoms with E-state index < -0.39 is 0 Å². The molecule has 0 radical (unpaired) electrons. The van der Waals surface area contributed by atoms with Crippen LogP contribution in [0, 0.1) is 19.3 Å². The molecule has 5 rings (SSSR count). The molecule has 1 aromatic carbocycles. The van der Waals surface area contributed by atoms with E-state index in [1.807, 2.05) is 30.5 Å². The number of fused-ring (bicyclic) bond motifs is 3. The summed E-state index contributed by atoms with van der Waals surface area (Å²) in [4.78, 5) is 18.6. The summed E-state index contributed by atoms with van der Waals surface area (Å²) >= 11 is 0. The topological polar surface area (TPSA) is 104 Å². The smallest absolute Gasteiger partial charge is 0.222 e. The standard InChI is InChI=1S/C27H32N8O/c1-18-5-4-6-20(13-18)15-34-23-7-8-26-32-31-19(2)35(26)25(23)14-24(34)22(28)9-11-29-12-10-27(36)30-21-16-33(3)17-21/h4-8,11,13-14,21,28H,9-10,12,15-17H2,1-3H3,(H,30,36). The highest BCUT2D eigenvalue weighted by molar-refractivity contribution is 6.07. The second-order valence-electron chi connectivity index (χ2n) is 9.66. The normalized spacial score (nSPS) is 14.6. The number of nitrogens with zero attached hydrogens (tertiary/aromatic N) is 6. The number of aromatic nitrogens is 4. The number of rotatable bonds is 9. The van der Waals surface area contributed by atoms with E-state index in [0.717, 1.165) is 41.3 Å². The van der Waals surface area contributed by atoms with E-state index in [9.17, 15) is 4.79 Å². The Bertz CT molecular complexity index is 1460. The third kappa shape index (κ3) is 4.92. The zero-order valence-corrected chi connectivity index (χ0v) is 21.0. The monoisotopic (exact) mass is 484 g/mol. The molecule has 0 saturated carbocycles. The van der Waals surface area contributed by atoms with Gasteiger partial charge in [0, 0.05) is 45.2 Å². The Labute approximate surface area is 210 Å². The van der Waals surface area contributed by atoms with Crippen LogP contribution in [-0.2, 0) is 11.3 Å². The van der Waals surface area contributed by atoms with Crippen LogP contribution in [0.15, 0.2) is 47.5 Å². The highest BCUT2D eigenvalue weighted by atomic mass is 16.1. The Morgan fingerprint density at radius 2 is 2.00 bits per heavy atom. The van der Waals surface area contributed by atoms with Gasteiger partial charge in [0.25, 0.3) is 0 Å². The summed E-state index contributed by atoms with van der Waals surface area (Å²) in [6.07, 6.45) is 2.51. The number of carbonyl (C=O) groups is 1. The van der Waals surface area contributed by atoms with Crippen LogP contribution in [0.2, 0.25) is 0 Å². The minimum Gasteiger partial charge on any atom is -0.351 e. The molecule has 4 aromatic rings. The number of pyridine rings is 1. The maximum absolute atomic E-state index is 12.1. The van der Waals surface area contributed by atoms with Crippen molar-refractivity contribution in [3.05, 3.63) is 65.1 Å². The average Bonchev–Trinajstić information content (AvgIpc) is 3.38. The first kappa shape index (κ1) is 23.9. The van der Waals surface area contributed by atoms with E-state index in [0.29, 0.717) is 31.6 Å². The number of amides is 1. The largest absolute Gasteiger partial charge is 0.351 e. The van der Waals surface area contributed by atoms with Crippen molar-refractivity contribution >= 4 is 34.5 Å². The van der Waals surface area contributed by atoms with E-state index >= 15 is 0 Å². The molecule has 2 N–H and O–H groups in total. The van der Waals surface area contributed by atoms with Crippen molar-refractivity contribution in [1.29, 1.82) is 5.41 Å². The third-order valence-electron chi connectivity index (χ3n) is 6.65. The van der Waals surface area contributed by atoms with E-state index in [4.69, 9.17) is 5.41 Å². The minimum absolute atomic E-state index is 0.0342. The Hall–Kier alpha value is -3.85. The Morgan fingerprint density at radius 1 is 1.17 bits per heavy atom. The van der Waals surface area contributed by atoms with Crippen molar-refractivity contribution in [3.8, 4) is 0 Å². The van der Waals surface area contributed by atoms with Crippen molar-refractivity contribution in [2.24, 2.45) is 4.99 Å². The van der Waals surface area contributed by atoms with E-state index in [-0.39, 0.29) is 11.9 Å². The fourth-order valence-corrected chi connectivity index (χ4v) is 4.86. The van der Waals surface area contributed by atoms with Gasteiger partial charge in [-0.1, -0.05) is 29.8 Å². The first-order valence-corrected chi connectivity index (χ1v) is 12.3. The average molecular weight is 485 g/mol. The molecule has 9 nitrogen and oxygen atoms in total. The summed E-state index contributed by atoms with van der Waals surface area (Å²) in [6.45, 7) is 6.92. The maximum Gasteiger partial charge on any atom is 0.222 e. The number of aliphatic imine (C=N–C) groups is 1. The minimum atomic E-state index is 0.0342. The molecule has 186 valence electrons. The summed E-state index contributed by atoms with van der Waals surface area (Å²) in [6, 6.07) is 14.8. The Kier molecular flexibility index (Phi) is 6.65. The summed E-state index contributed by atoms with van der Waals surface area (Å²) in [7, 11) is 2.04. The Balaban J connectivity index is 1.34. The van der Waals surface area contributed by atoms with Gasteiger partial charge in [-0.15, -0.1) is 10.2 Å². The lowest BCUT2D eigenvalue weighted by atomic mass is 10.1.